The lowest BCUT2D eigenvalue weighted by Crippen LogP contribution is -2.22. The second-order valence-corrected chi connectivity index (χ2v) is 2.86. The van der Waals surface area contributed by atoms with Gasteiger partial charge in [-0.1, -0.05) is 0 Å². The quantitative estimate of drug-likeness (QED) is 0.614. The third kappa shape index (κ3) is 1.89. The third-order valence-electron chi connectivity index (χ3n) is 1.86. The SMILES string of the molecule is O=C(Nc1ccncc1)C1=CNNC1. The topological polar surface area (TPSA) is 66.0 Å². The molecule has 0 saturated heterocycles. The molecule has 2 heterocycles. The van der Waals surface area contributed by atoms with Gasteiger partial charge in [0.15, 0.2) is 0 Å². The highest BCUT2D eigenvalue weighted by molar-refractivity contribution is 6.04. The van der Waals surface area contributed by atoms with Crippen molar-refractivity contribution in [1.82, 2.24) is 15.8 Å². The first-order valence-electron chi connectivity index (χ1n) is 4.25. The van der Waals surface area contributed by atoms with Crippen LogP contribution in [0.4, 0.5) is 5.69 Å². The maximum absolute atomic E-state index is 11.5. The molecule has 0 atom stereocenters. The summed E-state index contributed by atoms with van der Waals surface area (Å²) in [7, 11) is 0. The van der Waals surface area contributed by atoms with Crippen LogP contribution in [0.1, 0.15) is 0 Å². The van der Waals surface area contributed by atoms with Crippen LogP contribution in [0.25, 0.3) is 0 Å². The van der Waals surface area contributed by atoms with Crippen molar-refractivity contribution in [1.29, 1.82) is 0 Å². The average molecular weight is 190 g/mol. The van der Waals surface area contributed by atoms with Gasteiger partial charge >= 0.3 is 0 Å². The minimum atomic E-state index is -0.103. The van der Waals surface area contributed by atoms with Gasteiger partial charge in [0.05, 0.1) is 0 Å². The molecule has 0 aromatic carbocycles. The maximum Gasteiger partial charge on any atom is 0.254 e. The highest BCUT2D eigenvalue weighted by Gasteiger charge is 2.12. The molecule has 1 aliphatic heterocycles. The van der Waals surface area contributed by atoms with Gasteiger partial charge in [0.25, 0.3) is 5.91 Å². The molecule has 3 N–H and O–H groups in total. The molecule has 0 aliphatic carbocycles. The summed E-state index contributed by atoms with van der Waals surface area (Å²) in [6, 6.07) is 3.49. The fraction of sp³-hybridized carbons (Fsp3) is 0.111. The second-order valence-electron chi connectivity index (χ2n) is 2.86. The van der Waals surface area contributed by atoms with E-state index in [1.54, 1.807) is 30.7 Å². The summed E-state index contributed by atoms with van der Waals surface area (Å²) in [5.41, 5.74) is 7.01. The average Bonchev–Trinajstić information content (AvgIpc) is 2.72. The lowest BCUT2D eigenvalue weighted by Gasteiger charge is -2.03. The summed E-state index contributed by atoms with van der Waals surface area (Å²) in [5.74, 6) is -0.103. The smallest absolute Gasteiger partial charge is 0.254 e. The van der Waals surface area contributed by atoms with Gasteiger partial charge in [-0.25, -0.2) is 5.43 Å². The number of carbonyl (C=O) groups excluding carboxylic acids is 1. The summed E-state index contributed by atoms with van der Waals surface area (Å²) < 4.78 is 0. The van der Waals surface area contributed by atoms with E-state index in [4.69, 9.17) is 0 Å². The van der Waals surface area contributed by atoms with Gasteiger partial charge in [-0.05, 0) is 12.1 Å². The molecule has 0 radical (unpaired) electrons. The van der Waals surface area contributed by atoms with Crippen molar-refractivity contribution in [3.63, 3.8) is 0 Å². The predicted octanol–water partition coefficient (Wildman–Crippen LogP) is 0.0118. The lowest BCUT2D eigenvalue weighted by molar-refractivity contribution is -0.112. The zero-order valence-corrected chi connectivity index (χ0v) is 7.45. The van der Waals surface area contributed by atoms with Crippen LogP contribution in [0.2, 0.25) is 0 Å². The molecule has 0 fully saturated rings. The van der Waals surface area contributed by atoms with Gasteiger partial charge < -0.3 is 10.7 Å². The number of hydrogen-bond acceptors (Lipinski definition) is 4. The zero-order valence-electron chi connectivity index (χ0n) is 7.45. The highest BCUT2D eigenvalue weighted by atomic mass is 16.1. The molecule has 1 aliphatic rings. The Morgan fingerprint density at radius 3 is 2.86 bits per heavy atom. The van der Waals surface area contributed by atoms with Gasteiger partial charge in [-0.2, -0.15) is 0 Å². The van der Waals surface area contributed by atoms with Crippen LogP contribution in [-0.2, 0) is 4.79 Å². The summed E-state index contributed by atoms with van der Waals surface area (Å²) in [5, 5.41) is 2.76. The number of nitrogens with one attached hydrogen (secondary N) is 3. The van der Waals surface area contributed by atoms with Gasteiger partial charge in [0, 0.05) is 36.4 Å². The largest absolute Gasteiger partial charge is 0.328 e. The molecule has 1 aromatic heterocycles. The number of anilines is 1. The fourth-order valence-corrected chi connectivity index (χ4v) is 1.13. The molecule has 1 amide bonds. The molecule has 5 nitrogen and oxygen atoms in total. The van der Waals surface area contributed by atoms with E-state index in [9.17, 15) is 4.79 Å². The Morgan fingerprint density at radius 2 is 2.21 bits per heavy atom. The standard InChI is InChI=1S/C9H10N4O/c14-9(7-5-11-12-6-7)13-8-1-3-10-4-2-8/h1-5,11-12H,6H2,(H,10,13,14). The fourth-order valence-electron chi connectivity index (χ4n) is 1.13. The lowest BCUT2D eigenvalue weighted by atomic mass is 10.2. The van der Waals surface area contributed by atoms with Crippen molar-refractivity contribution in [2.45, 2.75) is 0 Å². The van der Waals surface area contributed by atoms with E-state index < -0.39 is 0 Å². The van der Waals surface area contributed by atoms with Crippen molar-refractivity contribution in [2.24, 2.45) is 0 Å². The van der Waals surface area contributed by atoms with E-state index >= 15 is 0 Å². The third-order valence-corrected chi connectivity index (χ3v) is 1.86. The van der Waals surface area contributed by atoms with Crippen LogP contribution in [0, 0.1) is 0 Å². The molecule has 72 valence electrons. The molecule has 14 heavy (non-hydrogen) atoms. The molecule has 0 spiro atoms. The summed E-state index contributed by atoms with van der Waals surface area (Å²) in [4.78, 5) is 15.4. The second kappa shape index (κ2) is 3.89. The van der Waals surface area contributed by atoms with Crippen LogP contribution in [-0.4, -0.2) is 17.4 Å². The van der Waals surface area contributed by atoms with E-state index in [0.717, 1.165) is 5.69 Å². The first-order valence-corrected chi connectivity index (χ1v) is 4.25. The van der Waals surface area contributed by atoms with Crippen molar-refractivity contribution in [3.8, 4) is 0 Å². The molecule has 2 rings (SSSR count). The van der Waals surface area contributed by atoms with Gasteiger partial charge in [0.2, 0.25) is 0 Å². The highest BCUT2D eigenvalue weighted by Crippen LogP contribution is 2.06. The molecule has 1 aromatic rings. The van der Waals surface area contributed by atoms with E-state index in [2.05, 4.69) is 21.2 Å². The first-order chi connectivity index (χ1) is 6.86. The molecule has 0 unspecified atom stereocenters. The van der Waals surface area contributed by atoms with Crippen LogP contribution in [0.15, 0.2) is 36.3 Å². The van der Waals surface area contributed by atoms with E-state index in [1.807, 2.05) is 0 Å². The Labute approximate surface area is 81.2 Å². The Kier molecular flexibility index (Phi) is 2.42. The zero-order chi connectivity index (χ0) is 9.80. The van der Waals surface area contributed by atoms with Crippen molar-refractivity contribution in [3.05, 3.63) is 36.3 Å². The number of hydrazine groups is 1. The Balaban J connectivity index is 2.01. The number of aromatic nitrogens is 1. The summed E-state index contributed by atoms with van der Waals surface area (Å²) in [6.45, 7) is 0.539. The van der Waals surface area contributed by atoms with E-state index in [-0.39, 0.29) is 5.91 Å². The number of carbonyl (C=O) groups is 1. The number of rotatable bonds is 2. The summed E-state index contributed by atoms with van der Waals surface area (Å²) in [6.07, 6.45) is 4.92. The maximum atomic E-state index is 11.5. The van der Waals surface area contributed by atoms with Crippen molar-refractivity contribution < 1.29 is 4.79 Å². The predicted molar refractivity (Wildman–Crippen MR) is 52.1 cm³/mol. The Hall–Kier alpha value is -1.88. The van der Waals surface area contributed by atoms with Gasteiger partial charge in [-0.15, -0.1) is 0 Å². The first kappa shape index (κ1) is 8.71. The van der Waals surface area contributed by atoms with E-state index in [0.29, 0.717) is 12.1 Å². The van der Waals surface area contributed by atoms with Crippen LogP contribution >= 0.6 is 0 Å². The van der Waals surface area contributed by atoms with Gasteiger partial charge in [-0.3, -0.25) is 9.78 Å². The number of hydrogen-bond donors (Lipinski definition) is 3. The Morgan fingerprint density at radius 1 is 1.43 bits per heavy atom. The van der Waals surface area contributed by atoms with Crippen LogP contribution in [0.5, 0.6) is 0 Å². The minimum absolute atomic E-state index is 0.103. The molecular formula is C9H10N4O. The molecule has 5 heteroatoms. The number of nitrogens with zero attached hydrogens (tertiary/aromatic N) is 1. The monoisotopic (exact) mass is 190 g/mol. The van der Waals surface area contributed by atoms with Gasteiger partial charge in [0.1, 0.15) is 0 Å². The Bertz CT molecular complexity index is 360. The number of pyridine rings is 1. The number of amides is 1. The van der Waals surface area contributed by atoms with Crippen LogP contribution in [0.3, 0.4) is 0 Å². The minimum Gasteiger partial charge on any atom is -0.328 e. The molecular weight excluding hydrogens is 180 g/mol. The van der Waals surface area contributed by atoms with Crippen LogP contribution < -0.4 is 16.2 Å². The molecule has 0 bridgehead atoms. The van der Waals surface area contributed by atoms with Crippen molar-refractivity contribution in [2.75, 3.05) is 11.9 Å². The molecule has 0 saturated carbocycles. The van der Waals surface area contributed by atoms with Crippen molar-refractivity contribution >= 4 is 11.6 Å². The van der Waals surface area contributed by atoms with E-state index in [1.165, 1.54) is 0 Å². The normalized spacial score (nSPS) is 14.4. The summed E-state index contributed by atoms with van der Waals surface area (Å²) >= 11 is 0.